The molecule has 0 atom stereocenters. The number of hydrogen-bond donors (Lipinski definition) is 2. The van der Waals surface area contributed by atoms with Crippen molar-refractivity contribution in [2.75, 3.05) is 0 Å². The molecule has 0 saturated carbocycles. The zero-order chi connectivity index (χ0) is 9.71. The Bertz CT molecular complexity index is 149. The molecule has 11 heavy (non-hydrogen) atoms. The lowest BCUT2D eigenvalue weighted by Crippen LogP contribution is -2.10. The zero-order valence-electron chi connectivity index (χ0n) is 5.21. The molecule has 8 heteroatoms. The van der Waals surface area contributed by atoms with Crippen LogP contribution in [-0.2, 0) is 9.09 Å². The van der Waals surface area contributed by atoms with Crippen LogP contribution in [0.5, 0.6) is 0 Å². The van der Waals surface area contributed by atoms with Gasteiger partial charge in [-0.3, -0.25) is 0 Å². The molecule has 68 valence electrons. The van der Waals surface area contributed by atoms with Gasteiger partial charge >= 0.3 is 14.2 Å². The first-order valence-electron chi connectivity index (χ1n) is 2.04. The maximum Gasteiger partial charge on any atom is 0.531 e. The van der Waals surface area contributed by atoms with Crippen molar-refractivity contribution in [3.8, 4) is 0 Å². The molecule has 0 amide bonds. The summed E-state index contributed by atoms with van der Waals surface area (Å²) < 4.78 is 44.2. The number of phosphoric acid groups is 1. The van der Waals surface area contributed by atoms with E-state index in [4.69, 9.17) is 9.79 Å². The Hall–Kier alpha value is -0.360. The molecule has 0 aliphatic rings. The van der Waals surface area contributed by atoms with Gasteiger partial charge in [-0.2, -0.15) is 4.52 Å². The highest BCUT2D eigenvalue weighted by Gasteiger charge is 2.38. The summed E-state index contributed by atoms with van der Waals surface area (Å²) in [4.78, 5) is 15.0. The molecule has 4 nitrogen and oxygen atoms in total. The van der Waals surface area contributed by atoms with Crippen LogP contribution in [-0.4, -0.2) is 16.1 Å². The van der Waals surface area contributed by atoms with E-state index in [1.54, 1.807) is 0 Å². The van der Waals surface area contributed by atoms with Crippen molar-refractivity contribution in [3.63, 3.8) is 0 Å². The van der Waals surface area contributed by atoms with Gasteiger partial charge in [-0.05, 0) is 0 Å². The van der Waals surface area contributed by atoms with E-state index in [9.17, 15) is 17.7 Å². The van der Waals surface area contributed by atoms with Crippen LogP contribution in [0, 0.1) is 0 Å². The van der Waals surface area contributed by atoms with Crippen molar-refractivity contribution in [1.29, 1.82) is 0 Å². The average Bonchev–Trinajstić information content (AvgIpc) is 1.60. The largest absolute Gasteiger partial charge is 0.531 e. The van der Waals surface area contributed by atoms with Crippen molar-refractivity contribution in [3.05, 3.63) is 13.2 Å². The molecular weight excluding hydrogens is 188 g/mol. The molecule has 0 unspecified atom stereocenters. The van der Waals surface area contributed by atoms with Crippen LogP contribution in [0.3, 0.4) is 0 Å². The Balaban J connectivity index is 0. The lowest BCUT2D eigenvalue weighted by atomic mass is 11.3. The van der Waals surface area contributed by atoms with Crippen LogP contribution < -0.4 is 0 Å². The van der Waals surface area contributed by atoms with Crippen molar-refractivity contribution < 1.29 is 32.0 Å². The lowest BCUT2D eigenvalue weighted by Gasteiger charge is -2.06. The second-order valence-electron chi connectivity index (χ2n) is 1.03. The van der Waals surface area contributed by atoms with Crippen LogP contribution >= 0.6 is 7.82 Å². The Labute approximate surface area is 60.5 Å². The molecule has 0 aliphatic carbocycles. The fourth-order valence-electron chi connectivity index (χ4n) is 0.135. The van der Waals surface area contributed by atoms with Crippen molar-refractivity contribution in [1.82, 2.24) is 0 Å². The number of halogens is 3. The van der Waals surface area contributed by atoms with Gasteiger partial charge in [-0.1, -0.05) is 0 Å². The van der Waals surface area contributed by atoms with Crippen molar-refractivity contribution >= 4 is 7.82 Å². The van der Waals surface area contributed by atoms with Crippen molar-refractivity contribution in [2.45, 2.75) is 6.36 Å². The topological polar surface area (TPSA) is 66.8 Å². The average molecular weight is 194 g/mol. The Kier molecular flexibility index (Phi) is 5.42. The predicted octanol–water partition coefficient (Wildman–Crippen LogP) is 1.42. The minimum atomic E-state index is -5.41. The zero-order valence-corrected chi connectivity index (χ0v) is 6.10. The molecule has 0 aromatic rings. The van der Waals surface area contributed by atoms with Gasteiger partial charge in [0, 0.05) is 0 Å². The fraction of sp³-hybridized carbons (Fsp3) is 0.333. The minimum Gasteiger partial charge on any atom is -0.302 e. The first-order chi connectivity index (χ1) is 4.71. The molecule has 2 N–H and O–H groups in total. The van der Waals surface area contributed by atoms with Crippen LogP contribution in [0.1, 0.15) is 0 Å². The van der Waals surface area contributed by atoms with E-state index in [1.165, 1.54) is 0 Å². The second kappa shape index (κ2) is 4.50. The normalized spacial score (nSPS) is 11.7. The van der Waals surface area contributed by atoms with E-state index in [-0.39, 0.29) is 0 Å². The molecular formula is C3H6F3O4P. The monoisotopic (exact) mass is 194 g/mol. The van der Waals surface area contributed by atoms with E-state index in [2.05, 4.69) is 17.7 Å². The third kappa shape index (κ3) is 17.7. The highest BCUT2D eigenvalue weighted by molar-refractivity contribution is 7.46. The minimum absolute atomic E-state index is 2.29. The lowest BCUT2D eigenvalue weighted by molar-refractivity contribution is -0.281. The summed E-state index contributed by atoms with van der Waals surface area (Å²) in [5.74, 6) is 0. The number of phosphoric ester groups is 1. The highest BCUT2D eigenvalue weighted by atomic mass is 31.2. The maximum absolute atomic E-state index is 10.8. The standard InChI is InChI=1S/C2H4.CH2F3O4P/c1-2;2-1(3,4)8-9(5,6)7/h1-2H2;(H2,5,6,7). The first-order valence-corrected chi connectivity index (χ1v) is 3.57. The Morgan fingerprint density at radius 3 is 1.55 bits per heavy atom. The highest BCUT2D eigenvalue weighted by Crippen LogP contribution is 2.42. The van der Waals surface area contributed by atoms with Gasteiger partial charge in [0.1, 0.15) is 0 Å². The van der Waals surface area contributed by atoms with E-state index >= 15 is 0 Å². The summed E-state index contributed by atoms with van der Waals surface area (Å²) in [5, 5.41) is 0. The van der Waals surface area contributed by atoms with Crippen molar-refractivity contribution in [2.24, 2.45) is 0 Å². The molecule has 0 aromatic carbocycles. The van der Waals surface area contributed by atoms with Gasteiger partial charge in [0.15, 0.2) is 0 Å². The molecule has 0 aromatic heterocycles. The first kappa shape index (κ1) is 13.2. The smallest absolute Gasteiger partial charge is 0.302 e. The summed E-state index contributed by atoms with van der Waals surface area (Å²) in [6.45, 7) is 6.00. The summed E-state index contributed by atoms with van der Waals surface area (Å²) in [6.07, 6.45) is -5.28. The molecule has 0 rings (SSSR count). The van der Waals surface area contributed by atoms with Gasteiger partial charge in [0.05, 0.1) is 0 Å². The van der Waals surface area contributed by atoms with Gasteiger partial charge in [-0.15, -0.1) is 26.3 Å². The molecule has 0 saturated heterocycles. The van der Waals surface area contributed by atoms with Crippen LogP contribution in [0.15, 0.2) is 13.2 Å². The Morgan fingerprint density at radius 2 is 1.55 bits per heavy atom. The van der Waals surface area contributed by atoms with Gasteiger partial charge < -0.3 is 9.79 Å². The number of rotatable bonds is 1. The summed E-state index contributed by atoms with van der Waals surface area (Å²) in [7, 11) is -5.41. The molecule has 0 heterocycles. The van der Waals surface area contributed by atoms with Crippen LogP contribution in [0.4, 0.5) is 13.2 Å². The second-order valence-corrected chi connectivity index (χ2v) is 2.19. The summed E-state index contributed by atoms with van der Waals surface area (Å²) in [5.41, 5.74) is 0. The van der Waals surface area contributed by atoms with E-state index in [0.29, 0.717) is 0 Å². The predicted molar refractivity (Wildman–Crippen MR) is 30.4 cm³/mol. The molecule has 0 spiro atoms. The molecule has 0 aliphatic heterocycles. The quantitative estimate of drug-likeness (QED) is 0.489. The molecule has 0 radical (unpaired) electrons. The van der Waals surface area contributed by atoms with Gasteiger partial charge in [0.25, 0.3) is 0 Å². The summed E-state index contributed by atoms with van der Waals surface area (Å²) in [6, 6.07) is 0. The van der Waals surface area contributed by atoms with E-state index in [0.717, 1.165) is 0 Å². The number of hydrogen-bond acceptors (Lipinski definition) is 2. The number of alkyl halides is 3. The van der Waals surface area contributed by atoms with Gasteiger partial charge in [-0.25, -0.2) is 4.57 Å². The fourth-order valence-corrected chi connectivity index (χ4v) is 0.405. The third-order valence-electron chi connectivity index (χ3n) is 0.222. The SMILES string of the molecule is C=C.O=P(O)(O)OC(F)(F)F. The van der Waals surface area contributed by atoms with Crippen LogP contribution in [0.25, 0.3) is 0 Å². The van der Waals surface area contributed by atoms with E-state index in [1.807, 2.05) is 0 Å². The molecule has 0 bridgehead atoms. The van der Waals surface area contributed by atoms with Gasteiger partial charge in [0.2, 0.25) is 0 Å². The van der Waals surface area contributed by atoms with E-state index < -0.39 is 14.2 Å². The Morgan fingerprint density at radius 1 is 1.27 bits per heavy atom. The van der Waals surface area contributed by atoms with Crippen LogP contribution in [0.2, 0.25) is 0 Å². The summed E-state index contributed by atoms with van der Waals surface area (Å²) >= 11 is 0. The third-order valence-corrected chi connectivity index (χ3v) is 0.667. The molecule has 0 fully saturated rings. The maximum atomic E-state index is 10.8.